The zero-order chi connectivity index (χ0) is 24.2. The highest BCUT2D eigenvalue weighted by Crippen LogP contribution is 2.28. The minimum Gasteiger partial charge on any atom is -0.497 e. The van der Waals surface area contributed by atoms with E-state index >= 15 is 0 Å². The molecule has 2 heterocycles. The van der Waals surface area contributed by atoms with Crippen LogP contribution < -0.4 is 9.47 Å². The van der Waals surface area contributed by atoms with E-state index in [1.807, 2.05) is 54.7 Å². The number of hydrogen-bond acceptors (Lipinski definition) is 6. The molecule has 0 unspecified atom stereocenters. The Morgan fingerprint density at radius 3 is 2.47 bits per heavy atom. The van der Waals surface area contributed by atoms with Gasteiger partial charge in [0.1, 0.15) is 30.3 Å². The summed E-state index contributed by atoms with van der Waals surface area (Å²) >= 11 is 5.37. The van der Waals surface area contributed by atoms with Crippen molar-refractivity contribution < 1.29 is 23.8 Å². The van der Waals surface area contributed by atoms with Gasteiger partial charge in [-0.1, -0.05) is 18.2 Å². The third kappa shape index (κ3) is 4.60. The number of thiocarbonyl (C=S) groups is 1. The van der Waals surface area contributed by atoms with Crippen LogP contribution in [-0.2, 0) is 20.9 Å². The van der Waals surface area contributed by atoms with Crippen LogP contribution in [0.15, 0.2) is 60.4 Å². The Morgan fingerprint density at radius 1 is 1.06 bits per heavy atom. The van der Waals surface area contributed by atoms with E-state index < -0.39 is 5.97 Å². The van der Waals surface area contributed by atoms with Gasteiger partial charge in [-0.25, -0.2) is 0 Å². The number of fused-ring (bicyclic) bond motifs is 1. The number of benzene rings is 2. The molecule has 0 saturated carbocycles. The number of amides is 1. The van der Waals surface area contributed by atoms with Crippen molar-refractivity contribution in [3.05, 3.63) is 66.0 Å². The number of methoxy groups -OCH3 is 2. The molecule has 1 aromatic heterocycles. The lowest BCUT2D eigenvalue weighted by Gasteiger charge is -2.16. The molecule has 176 valence electrons. The summed E-state index contributed by atoms with van der Waals surface area (Å²) in [6, 6.07) is 15.4. The SMILES string of the molecule is COC(=O)CN1C(=S)N(C)C(=O)/C1=C/c1cn(CCOc2ccc(OC)cc2)c2ccccc12. The topological polar surface area (TPSA) is 73.2 Å². The van der Waals surface area contributed by atoms with E-state index in [4.69, 9.17) is 26.4 Å². The number of rotatable bonds is 8. The smallest absolute Gasteiger partial charge is 0.325 e. The number of aromatic nitrogens is 1. The number of likely N-dealkylation sites (N-methyl/N-ethyl adjacent to an activating group) is 1. The highest BCUT2D eigenvalue weighted by atomic mass is 32.1. The first-order valence-electron chi connectivity index (χ1n) is 10.7. The van der Waals surface area contributed by atoms with Gasteiger partial charge in [0.25, 0.3) is 5.91 Å². The molecular weight excluding hydrogens is 454 g/mol. The lowest BCUT2D eigenvalue weighted by Crippen LogP contribution is -2.33. The molecular formula is C25H25N3O5S. The first kappa shape index (κ1) is 23.3. The van der Waals surface area contributed by atoms with E-state index in [-0.39, 0.29) is 17.6 Å². The zero-order valence-electron chi connectivity index (χ0n) is 19.2. The molecule has 9 heteroatoms. The Labute approximate surface area is 202 Å². The van der Waals surface area contributed by atoms with Crippen molar-refractivity contribution >= 4 is 46.2 Å². The van der Waals surface area contributed by atoms with Crippen LogP contribution in [0.25, 0.3) is 17.0 Å². The predicted octanol–water partition coefficient (Wildman–Crippen LogP) is 3.30. The van der Waals surface area contributed by atoms with Crippen LogP contribution in [0.4, 0.5) is 0 Å². The summed E-state index contributed by atoms with van der Waals surface area (Å²) in [4.78, 5) is 27.6. The maximum atomic E-state index is 12.9. The van der Waals surface area contributed by atoms with E-state index in [1.54, 1.807) is 20.2 Å². The lowest BCUT2D eigenvalue weighted by atomic mass is 10.1. The molecule has 0 atom stereocenters. The molecule has 0 spiro atoms. The highest BCUT2D eigenvalue weighted by molar-refractivity contribution is 7.80. The summed E-state index contributed by atoms with van der Waals surface area (Å²) in [5.41, 5.74) is 2.18. The van der Waals surface area contributed by atoms with E-state index in [2.05, 4.69) is 4.57 Å². The average molecular weight is 480 g/mol. The molecule has 34 heavy (non-hydrogen) atoms. The third-order valence-corrected chi connectivity index (χ3v) is 6.11. The van der Waals surface area contributed by atoms with Gasteiger partial charge in [0.2, 0.25) is 0 Å². The van der Waals surface area contributed by atoms with Gasteiger partial charge in [0, 0.05) is 29.7 Å². The molecule has 0 N–H and O–H groups in total. The number of ether oxygens (including phenoxy) is 3. The molecule has 2 aromatic carbocycles. The Balaban J connectivity index is 1.60. The summed E-state index contributed by atoms with van der Waals surface area (Å²) in [7, 11) is 4.52. The molecule has 3 aromatic rings. The minimum absolute atomic E-state index is 0.133. The fourth-order valence-electron chi connectivity index (χ4n) is 3.80. The van der Waals surface area contributed by atoms with Crippen LogP contribution in [-0.4, -0.2) is 65.8 Å². The molecule has 1 fully saturated rings. The molecule has 1 aliphatic rings. The maximum absolute atomic E-state index is 12.9. The van der Waals surface area contributed by atoms with Crippen LogP contribution in [0.1, 0.15) is 5.56 Å². The van der Waals surface area contributed by atoms with E-state index in [0.717, 1.165) is 28.0 Å². The second-order valence-electron chi connectivity index (χ2n) is 7.66. The third-order valence-electron chi connectivity index (χ3n) is 5.62. The standard InChI is InChI=1S/C25H25N3O5S/c1-26-24(30)22(28(25(26)34)16-23(29)32-3)14-17-15-27(21-7-5-4-6-20(17)21)12-13-33-19-10-8-18(31-2)9-11-19/h4-11,14-15H,12-13,16H2,1-3H3/b22-14-. The van der Waals surface area contributed by atoms with Gasteiger partial charge in [-0.05, 0) is 48.6 Å². The van der Waals surface area contributed by atoms with Gasteiger partial charge in [-0.15, -0.1) is 0 Å². The molecule has 1 aliphatic heterocycles. The summed E-state index contributed by atoms with van der Waals surface area (Å²) in [5.74, 6) is 0.781. The van der Waals surface area contributed by atoms with Crippen LogP contribution in [0.5, 0.6) is 11.5 Å². The number of nitrogens with zero attached hydrogens (tertiary/aromatic N) is 3. The summed E-state index contributed by atoms with van der Waals surface area (Å²) < 4.78 is 17.9. The molecule has 4 rings (SSSR count). The number of hydrogen-bond donors (Lipinski definition) is 0. The number of esters is 1. The monoisotopic (exact) mass is 479 g/mol. The summed E-state index contributed by atoms with van der Waals surface area (Å²) in [6.07, 6.45) is 3.74. The van der Waals surface area contributed by atoms with Crippen LogP contribution in [0.3, 0.4) is 0 Å². The first-order valence-corrected chi connectivity index (χ1v) is 11.1. The average Bonchev–Trinajstić information content (AvgIpc) is 3.30. The molecule has 1 saturated heterocycles. The quantitative estimate of drug-likeness (QED) is 0.279. The number of para-hydroxylation sites is 1. The van der Waals surface area contributed by atoms with Crippen LogP contribution >= 0.6 is 12.2 Å². The predicted molar refractivity (Wildman–Crippen MR) is 132 cm³/mol. The first-order chi connectivity index (χ1) is 16.4. The Kier molecular flexibility index (Phi) is 6.83. The highest BCUT2D eigenvalue weighted by Gasteiger charge is 2.37. The molecule has 0 aliphatic carbocycles. The normalized spacial score (nSPS) is 14.9. The van der Waals surface area contributed by atoms with Gasteiger partial charge >= 0.3 is 5.97 Å². The van der Waals surface area contributed by atoms with E-state index in [1.165, 1.54) is 16.9 Å². The molecule has 0 radical (unpaired) electrons. The second-order valence-corrected chi connectivity index (χ2v) is 8.02. The van der Waals surface area contributed by atoms with E-state index in [0.29, 0.717) is 18.8 Å². The van der Waals surface area contributed by atoms with Crippen LogP contribution in [0, 0.1) is 0 Å². The maximum Gasteiger partial charge on any atom is 0.325 e. The van der Waals surface area contributed by atoms with Crippen molar-refractivity contribution in [2.45, 2.75) is 6.54 Å². The largest absolute Gasteiger partial charge is 0.497 e. The summed E-state index contributed by atoms with van der Waals surface area (Å²) in [6.45, 7) is 0.931. The fraction of sp³-hybridized carbons (Fsp3) is 0.240. The lowest BCUT2D eigenvalue weighted by molar-refractivity contribution is -0.140. The van der Waals surface area contributed by atoms with Gasteiger partial charge in [-0.3, -0.25) is 14.5 Å². The zero-order valence-corrected chi connectivity index (χ0v) is 20.0. The Morgan fingerprint density at radius 2 is 1.76 bits per heavy atom. The molecule has 8 nitrogen and oxygen atoms in total. The van der Waals surface area contributed by atoms with Crippen molar-refractivity contribution in [1.82, 2.24) is 14.4 Å². The van der Waals surface area contributed by atoms with Crippen molar-refractivity contribution in [3.8, 4) is 11.5 Å². The van der Waals surface area contributed by atoms with Gasteiger partial charge in [0.05, 0.1) is 20.8 Å². The fourth-order valence-corrected chi connectivity index (χ4v) is 4.05. The second kappa shape index (κ2) is 9.96. The molecule has 1 amide bonds. The van der Waals surface area contributed by atoms with Crippen molar-refractivity contribution in [2.24, 2.45) is 0 Å². The van der Waals surface area contributed by atoms with Gasteiger partial charge in [-0.2, -0.15) is 0 Å². The molecule has 0 bridgehead atoms. The number of carbonyl (C=O) groups excluding carboxylic acids is 2. The Bertz CT molecular complexity index is 1270. The van der Waals surface area contributed by atoms with Gasteiger partial charge < -0.3 is 23.7 Å². The van der Waals surface area contributed by atoms with Crippen molar-refractivity contribution in [3.63, 3.8) is 0 Å². The van der Waals surface area contributed by atoms with E-state index in [9.17, 15) is 9.59 Å². The Hall–Kier alpha value is -3.85. The van der Waals surface area contributed by atoms with Crippen molar-refractivity contribution in [2.75, 3.05) is 34.4 Å². The van der Waals surface area contributed by atoms with Crippen LogP contribution in [0.2, 0.25) is 0 Å². The van der Waals surface area contributed by atoms with Gasteiger partial charge in [0.15, 0.2) is 5.11 Å². The number of carbonyl (C=O) groups is 2. The van der Waals surface area contributed by atoms with Crippen molar-refractivity contribution in [1.29, 1.82) is 0 Å². The summed E-state index contributed by atoms with van der Waals surface area (Å²) in [5, 5.41) is 1.24. The minimum atomic E-state index is -0.477.